The van der Waals surface area contributed by atoms with Gasteiger partial charge < -0.3 is 16.0 Å². The van der Waals surface area contributed by atoms with Crippen LogP contribution in [0.15, 0.2) is 18.5 Å². The lowest BCUT2D eigenvalue weighted by molar-refractivity contribution is -0.145. The summed E-state index contributed by atoms with van der Waals surface area (Å²) in [6, 6.07) is 1.41. The largest absolute Gasteiger partial charge is 0.366 e. The summed E-state index contributed by atoms with van der Waals surface area (Å²) in [4.78, 5) is 41.2. The number of carbonyl (C=O) groups is 3. The predicted octanol–water partition coefficient (Wildman–Crippen LogP) is 1.16. The summed E-state index contributed by atoms with van der Waals surface area (Å²) in [7, 11) is 0. The molecular weight excluding hydrogens is 308 g/mol. The number of likely N-dealkylation sites (tertiary alicyclic amines) is 1. The van der Waals surface area contributed by atoms with Gasteiger partial charge in [-0.05, 0) is 30.7 Å². The highest BCUT2D eigenvalue weighted by molar-refractivity contribution is 6.39. The molecule has 3 N–H and O–H groups in total. The van der Waals surface area contributed by atoms with Gasteiger partial charge >= 0.3 is 11.8 Å². The second-order valence-electron chi connectivity index (χ2n) is 6.63. The van der Waals surface area contributed by atoms with Gasteiger partial charge in [-0.1, -0.05) is 19.3 Å². The fourth-order valence-corrected chi connectivity index (χ4v) is 3.76. The zero-order valence-corrected chi connectivity index (χ0v) is 13.5. The summed E-state index contributed by atoms with van der Waals surface area (Å²) >= 11 is 0. The molecule has 2 heterocycles. The van der Waals surface area contributed by atoms with Crippen LogP contribution in [0.3, 0.4) is 0 Å². The van der Waals surface area contributed by atoms with Crippen LogP contribution in [0.2, 0.25) is 0 Å². The van der Waals surface area contributed by atoms with Crippen LogP contribution in [0.4, 0.5) is 5.69 Å². The molecule has 1 saturated heterocycles. The quantitative estimate of drug-likeness (QED) is 0.794. The lowest BCUT2D eigenvalue weighted by atomic mass is 9.75. The van der Waals surface area contributed by atoms with Gasteiger partial charge in [0.15, 0.2) is 0 Å². The predicted molar refractivity (Wildman–Crippen MR) is 88.0 cm³/mol. The van der Waals surface area contributed by atoms with E-state index in [1.807, 2.05) is 0 Å². The standard InChI is InChI=1S/C17H22N4O3/c18-15(22)13-7-14(9-19-8-13)20-16(23)17(24)21-6-5-11-3-1-2-4-12(11)10-21/h7-9,11-12H,1-6,10H2,(H2,18,22)(H,20,23). The maximum Gasteiger partial charge on any atom is 0.313 e. The first-order chi connectivity index (χ1) is 11.5. The molecule has 2 unspecified atom stereocenters. The Labute approximate surface area is 140 Å². The fourth-order valence-electron chi connectivity index (χ4n) is 3.76. The van der Waals surface area contributed by atoms with Crippen LogP contribution in [0.5, 0.6) is 0 Å². The van der Waals surface area contributed by atoms with Gasteiger partial charge in [0.25, 0.3) is 0 Å². The number of hydrogen-bond acceptors (Lipinski definition) is 4. The smallest absolute Gasteiger partial charge is 0.313 e. The van der Waals surface area contributed by atoms with Crippen molar-refractivity contribution in [1.82, 2.24) is 9.88 Å². The van der Waals surface area contributed by atoms with E-state index in [1.54, 1.807) is 4.90 Å². The number of nitrogens with two attached hydrogens (primary N) is 1. The first kappa shape index (κ1) is 16.4. The minimum absolute atomic E-state index is 0.184. The third kappa shape index (κ3) is 3.55. The van der Waals surface area contributed by atoms with Crippen LogP contribution < -0.4 is 11.1 Å². The highest BCUT2D eigenvalue weighted by Crippen LogP contribution is 2.36. The Hall–Kier alpha value is -2.44. The molecule has 3 rings (SSSR count). The van der Waals surface area contributed by atoms with Crippen molar-refractivity contribution in [3.05, 3.63) is 24.0 Å². The van der Waals surface area contributed by atoms with E-state index in [2.05, 4.69) is 10.3 Å². The molecular formula is C17H22N4O3. The van der Waals surface area contributed by atoms with E-state index < -0.39 is 17.7 Å². The van der Waals surface area contributed by atoms with Gasteiger partial charge in [0.05, 0.1) is 17.4 Å². The number of aromatic nitrogens is 1. The summed E-state index contributed by atoms with van der Waals surface area (Å²) in [6.07, 6.45) is 8.53. The Kier molecular flexibility index (Phi) is 4.78. The zero-order chi connectivity index (χ0) is 17.1. The molecule has 1 aromatic rings. The molecule has 2 atom stereocenters. The molecule has 0 aromatic carbocycles. The molecule has 1 aromatic heterocycles. The van der Waals surface area contributed by atoms with Crippen LogP contribution in [0.1, 0.15) is 42.5 Å². The highest BCUT2D eigenvalue weighted by atomic mass is 16.2. The normalized spacial score (nSPS) is 23.2. The van der Waals surface area contributed by atoms with E-state index in [1.165, 1.54) is 37.7 Å². The van der Waals surface area contributed by atoms with Crippen molar-refractivity contribution in [2.75, 3.05) is 18.4 Å². The Morgan fingerprint density at radius 1 is 1.12 bits per heavy atom. The van der Waals surface area contributed by atoms with Gasteiger partial charge in [0.1, 0.15) is 0 Å². The van der Waals surface area contributed by atoms with Crippen LogP contribution in [-0.2, 0) is 9.59 Å². The topological polar surface area (TPSA) is 105 Å². The molecule has 2 fully saturated rings. The van der Waals surface area contributed by atoms with Crippen molar-refractivity contribution in [2.24, 2.45) is 17.6 Å². The van der Waals surface area contributed by atoms with E-state index in [-0.39, 0.29) is 11.3 Å². The second-order valence-corrected chi connectivity index (χ2v) is 6.63. The van der Waals surface area contributed by atoms with E-state index in [0.29, 0.717) is 24.9 Å². The van der Waals surface area contributed by atoms with Gasteiger partial charge in [0.2, 0.25) is 5.91 Å². The molecule has 7 heteroatoms. The van der Waals surface area contributed by atoms with Gasteiger partial charge in [-0.2, -0.15) is 0 Å². The summed E-state index contributed by atoms with van der Waals surface area (Å²) in [5.74, 6) is -0.646. The lowest BCUT2D eigenvalue weighted by Crippen LogP contribution is -2.48. The third-order valence-corrected chi connectivity index (χ3v) is 5.05. The van der Waals surface area contributed by atoms with Crippen molar-refractivity contribution < 1.29 is 14.4 Å². The first-order valence-electron chi connectivity index (χ1n) is 8.39. The first-order valence-corrected chi connectivity index (χ1v) is 8.39. The van der Waals surface area contributed by atoms with Crippen molar-refractivity contribution in [2.45, 2.75) is 32.1 Å². The summed E-state index contributed by atoms with van der Waals surface area (Å²) in [5, 5.41) is 2.51. The fraction of sp³-hybridized carbons (Fsp3) is 0.529. The van der Waals surface area contributed by atoms with Gasteiger partial charge in [-0.15, -0.1) is 0 Å². The Bertz CT molecular complexity index is 661. The average molecular weight is 330 g/mol. The molecule has 3 amide bonds. The SMILES string of the molecule is NC(=O)c1cncc(NC(=O)C(=O)N2CCC3CCCCC3C2)c1. The highest BCUT2D eigenvalue weighted by Gasteiger charge is 2.34. The molecule has 1 saturated carbocycles. The lowest BCUT2D eigenvalue weighted by Gasteiger charge is -2.40. The number of fused-ring (bicyclic) bond motifs is 1. The van der Waals surface area contributed by atoms with Crippen LogP contribution >= 0.6 is 0 Å². The van der Waals surface area contributed by atoms with Crippen LogP contribution in [-0.4, -0.2) is 40.7 Å². The summed E-state index contributed by atoms with van der Waals surface area (Å²) in [5.41, 5.74) is 5.66. The molecule has 1 aliphatic carbocycles. The number of carbonyl (C=O) groups excluding carboxylic acids is 3. The molecule has 0 bridgehead atoms. The van der Waals surface area contributed by atoms with Gasteiger partial charge in [-0.3, -0.25) is 19.4 Å². The second kappa shape index (κ2) is 6.98. The number of pyridine rings is 1. The minimum Gasteiger partial charge on any atom is -0.366 e. The average Bonchev–Trinajstić information content (AvgIpc) is 2.60. The van der Waals surface area contributed by atoms with Crippen molar-refractivity contribution in [3.63, 3.8) is 0 Å². The Morgan fingerprint density at radius 3 is 2.62 bits per heavy atom. The van der Waals surface area contributed by atoms with Crippen LogP contribution in [0, 0.1) is 11.8 Å². The number of nitrogens with one attached hydrogen (secondary N) is 1. The molecule has 1 aliphatic heterocycles. The third-order valence-electron chi connectivity index (χ3n) is 5.05. The monoisotopic (exact) mass is 330 g/mol. The summed E-state index contributed by atoms with van der Waals surface area (Å²) in [6.45, 7) is 1.30. The van der Waals surface area contributed by atoms with E-state index in [4.69, 9.17) is 5.73 Å². The number of hydrogen-bond donors (Lipinski definition) is 2. The van der Waals surface area contributed by atoms with Gasteiger partial charge in [-0.25, -0.2) is 0 Å². The number of rotatable bonds is 2. The Balaban J connectivity index is 1.61. The number of piperidine rings is 1. The number of amides is 3. The molecule has 0 spiro atoms. The maximum atomic E-state index is 12.4. The molecule has 128 valence electrons. The minimum atomic E-state index is -0.701. The molecule has 0 radical (unpaired) electrons. The molecule has 2 aliphatic rings. The number of primary amides is 1. The molecule has 24 heavy (non-hydrogen) atoms. The van der Waals surface area contributed by atoms with Crippen LogP contribution in [0.25, 0.3) is 0 Å². The maximum absolute atomic E-state index is 12.4. The summed E-state index contributed by atoms with van der Waals surface area (Å²) < 4.78 is 0. The van der Waals surface area contributed by atoms with Crippen molar-refractivity contribution >= 4 is 23.4 Å². The number of anilines is 1. The Morgan fingerprint density at radius 2 is 1.88 bits per heavy atom. The van der Waals surface area contributed by atoms with E-state index in [0.717, 1.165) is 12.8 Å². The van der Waals surface area contributed by atoms with Crippen molar-refractivity contribution in [3.8, 4) is 0 Å². The van der Waals surface area contributed by atoms with E-state index in [9.17, 15) is 14.4 Å². The number of nitrogens with zero attached hydrogens (tertiary/aromatic N) is 2. The molecule has 7 nitrogen and oxygen atoms in total. The van der Waals surface area contributed by atoms with E-state index >= 15 is 0 Å². The van der Waals surface area contributed by atoms with Gasteiger partial charge in [0, 0.05) is 19.3 Å². The van der Waals surface area contributed by atoms with Crippen molar-refractivity contribution in [1.29, 1.82) is 0 Å². The zero-order valence-electron chi connectivity index (χ0n) is 13.5.